The second-order valence-corrected chi connectivity index (χ2v) is 6.74. The molecule has 7 nitrogen and oxygen atoms in total. The first-order chi connectivity index (χ1) is 14.0. The predicted molar refractivity (Wildman–Crippen MR) is 109 cm³/mol. The van der Waals surface area contributed by atoms with Gasteiger partial charge in [0, 0.05) is 23.9 Å². The van der Waals surface area contributed by atoms with Gasteiger partial charge in [-0.25, -0.2) is 4.98 Å². The quantitative estimate of drug-likeness (QED) is 0.536. The Bertz CT molecular complexity index is 1260. The monoisotopic (exact) mass is 409 g/mol. The SMILES string of the molecule is Cc1cc2nc(COc3cccc(NC(=O)c4ccccc4Cl)c3)cc(=O)n2o1. The lowest BCUT2D eigenvalue weighted by Crippen LogP contribution is -2.14. The van der Waals surface area contributed by atoms with Gasteiger partial charge in [0.2, 0.25) is 0 Å². The van der Waals surface area contributed by atoms with Gasteiger partial charge < -0.3 is 14.6 Å². The second kappa shape index (κ2) is 7.81. The van der Waals surface area contributed by atoms with Gasteiger partial charge in [0.1, 0.15) is 18.1 Å². The molecule has 0 bridgehead atoms. The molecule has 0 unspecified atom stereocenters. The number of ether oxygens (including phenoxy) is 1. The number of carbonyl (C=O) groups is 1. The van der Waals surface area contributed by atoms with Crippen molar-refractivity contribution in [3.63, 3.8) is 0 Å². The maximum Gasteiger partial charge on any atom is 0.287 e. The lowest BCUT2D eigenvalue weighted by atomic mass is 10.2. The number of anilines is 1. The van der Waals surface area contributed by atoms with Crippen molar-refractivity contribution in [2.45, 2.75) is 13.5 Å². The molecule has 2 aromatic heterocycles. The molecule has 4 rings (SSSR count). The largest absolute Gasteiger partial charge is 0.487 e. The third-order valence-electron chi connectivity index (χ3n) is 4.12. The first kappa shape index (κ1) is 18.8. The van der Waals surface area contributed by atoms with E-state index in [0.29, 0.717) is 39.1 Å². The Kier molecular flexibility index (Phi) is 5.05. The van der Waals surface area contributed by atoms with Gasteiger partial charge in [-0.2, -0.15) is 0 Å². The highest BCUT2D eigenvalue weighted by Crippen LogP contribution is 2.21. The van der Waals surface area contributed by atoms with Crippen LogP contribution in [0.25, 0.3) is 5.65 Å². The van der Waals surface area contributed by atoms with Crippen molar-refractivity contribution in [3.05, 3.63) is 93.1 Å². The van der Waals surface area contributed by atoms with E-state index >= 15 is 0 Å². The minimum Gasteiger partial charge on any atom is -0.487 e. The first-order valence-corrected chi connectivity index (χ1v) is 9.16. The van der Waals surface area contributed by atoms with Crippen molar-refractivity contribution < 1.29 is 14.1 Å². The summed E-state index contributed by atoms with van der Waals surface area (Å²) in [6, 6.07) is 16.8. The summed E-state index contributed by atoms with van der Waals surface area (Å²) < 4.78 is 12.1. The molecule has 146 valence electrons. The summed E-state index contributed by atoms with van der Waals surface area (Å²) in [4.78, 5) is 28.8. The standard InChI is InChI=1S/C21H16ClN3O4/c1-13-9-19-23-15(11-20(26)25(19)29-13)12-28-16-6-4-5-14(10-16)24-21(27)17-7-2-3-8-18(17)22/h2-11H,12H2,1H3,(H,24,27). The molecule has 0 radical (unpaired) electrons. The third kappa shape index (κ3) is 4.14. The Labute approximate surface area is 170 Å². The van der Waals surface area contributed by atoms with Crippen LogP contribution < -0.4 is 15.6 Å². The minimum absolute atomic E-state index is 0.0951. The van der Waals surface area contributed by atoms with Gasteiger partial charge in [0.25, 0.3) is 11.5 Å². The van der Waals surface area contributed by atoms with E-state index < -0.39 is 0 Å². The van der Waals surface area contributed by atoms with Crippen LogP contribution in [0.2, 0.25) is 5.02 Å². The molecule has 0 aliphatic rings. The van der Waals surface area contributed by atoms with Crippen LogP contribution in [0.1, 0.15) is 21.8 Å². The zero-order valence-corrected chi connectivity index (χ0v) is 16.1. The summed E-state index contributed by atoms with van der Waals surface area (Å²) in [7, 11) is 0. The van der Waals surface area contributed by atoms with Gasteiger partial charge in [-0.1, -0.05) is 29.8 Å². The Balaban J connectivity index is 1.47. The minimum atomic E-state index is -0.317. The van der Waals surface area contributed by atoms with Crippen LogP contribution >= 0.6 is 11.6 Å². The van der Waals surface area contributed by atoms with Gasteiger partial charge in [0.15, 0.2) is 5.65 Å². The molecule has 4 aromatic rings. The number of aryl methyl sites for hydroxylation is 1. The van der Waals surface area contributed by atoms with Crippen molar-refractivity contribution in [1.82, 2.24) is 9.56 Å². The first-order valence-electron chi connectivity index (χ1n) is 8.78. The molecule has 1 amide bonds. The normalized spacial score (nSPS) is 10.8. The Morgan fingerprint density at radius 3 is 2.83 bits per heavy atom. The molecular formula is C21H16ClN3O4. The molecular weight excluding hydrogens is 394 g/mol. The fourth-order valence-corrected chi connectivity index (χ4v) is 3.03. The molecule has 1 N–H and O–H groups in total. The predicted octanol–water partition coefficient (Wildman–Crippen LogP) is 4.08. The summed E-state index contributed by atoms with van der Waals surface area (Å²) in [5.41, 5.74) is 1.52. The number of nitrogens with one attached hydrogen (secondary N) is 1. The topological polar surface area (TPSA) is 85.8 Å². The maximum absolute atomic E-state index is 12.4. The number of hydrogen-bond acceptors (Lipinski definition) is 5. The molecule has 0 spiro atoms. The summed E-state index contributed by atoms with van der Waals surface area (Å²) in [5.74, 6) is 0.796. The average molecular weight is 410 g/mol. The number of halogens is 1. The molecule has 2 heterocycles. The number of hydrogen-bond donors (Lipinski definition) is 1. The molecule has 0 aliphatic heterocycles. The molecule has 29 heavy (non-hydrogen) atoms. The van der Waals surface area contributed by atoms with E-state index in [0.717, 1.165) is 4.57 Å². The van der Waals surface area contributed by atoms with Gasteiger partial charge in [0.05, 0.1) is 16.3 Å². The highest BCUT2D eigenvalue weighted by molar-refractivity contribution is 6.34. The van der Waals surface area contributed by atoms with Crippen molar-refractivity contribution >= 4 is 28.8 Å². The summed E-state index contributed by atoms with van der Waals surface area (Å²) in [5, 5.41) is 3.16. The number of fused-ring (bicyclic) bond motifs is 1. The second-order valence-electron chi connectivity index (χ2n) is 6.34. The molecule has 0 atom stereocenters. The highest BCUT2D eigenvalue weighted by Gasteiger charge is 2.11. The zero-order chi connectivity index (χ0) is 20.4. The number of amides is 1. The summed E-state index contributed by atoms with van der Waals surface area (Å²) in [6.07, 6.45) is 0. The molecule has 0 aliphatic carbocycles. The Hall–Kier alpha value is -3.58. The molecule has 2 aromatic carbocycles. The Morgan fingerprint density at radius 2 is 2.00 bits per heavy atom. The smallest absolute Gasteiger partial charge is 0.287 e. The van der Waals surface area contributed by atoms with E-state index in [1.165, 1.54) is 6.07 Å². The summed E-state index contributed by atoms with van der Waals surface area (Å²) in [6.45, 7) is 1.84. The summed E-state index contributed by atoms with van der Waals surface area (Å²) >= 11 is 6.06. The van der Waals surface area contributed by atoms with Gasteiger partial charge >= 0.3 is 0 Å². The van der Waals surface area contributed by atoms with Crippen LogP contribution in [0.3, 0.4) is 0 Å². The van der Waals surface area contributed by atoms with Crippen molar-refractivity contribution in [2.24, 2.45) is 0 Å². The van der Waals surface area contributed by atoms with Crippen LogP contribution in [-0.4, -0.2) is 15.5 Å². The fraction of sp³-hybridized carbons (Fsp3) is 0.0952. The van der Waals surface area contributed by atoms with Crippen LogP contribution in [0.5, 0.6) is 5.75 Å². The molecule has 0 saturated heterocycles. The molecule has 0 fully saturated rings. The highest BCUT2D eigenvalue weighted by atomic mass is 35.5. The number of rotatable bonds is 5. The van der Waals surface area contributed by atoms with Crippen LogP contribution in [0.15, 0.2) is 70.0 Å². The third-order valence-corrected chi connectivity index (χ3v) is 4.45. The molecule has 8 heteroatoms. The lowest BCUT2D eigenvalue weighted by molar-refractivity contribution is 0.102. The van der Waals surface area contributed by atoms with E-state index in [-0.39, 0.29) is 18.1 Å². The number of nitrogens with zero attached hydrogens (tertiary/aromatic N) is 2. The van der Waals surface area contributed by atoms with E-state index in [9.17, 15) is 9.59 Å². The van der Waals surface area contributed by atoms with Crippen molar-refractivity contribution in [3.8, 4) is 5.75 Å². The fourth-order valence-electron chi connectivity index (χ4n) is 2.81. The maximum atomic E-state index is 12.4. The van der Waals surface area contributed by atoms with Gasteiger partial charge in [-0.3, -0.25) is 9.59 Å². The number of benzene rings is 2. The van der Waals surface area contributed by atoms with Crippen LogP contribution in [-0.2, 0) is 6.61 Å². The van der Waals surface area contributed by atoms with Crippen LogP contribution in [0.4, 0.5) is 5.69 Å². The van der Waals surface area contributed by atoms with E-state index in [2.05, 4.69) is 10.3 Å². The van der Waals surface area contributed by atoms with Crippen molar-refractivity contribution in [2.75, 3.05) is 5.32 Å². The zero-order valence-electron chi connectivity index (χ0n) is 15.4. The van der Waals surface area contributed by atoms with E-state index in [4.69, 9.17) is 20.9 Å². The Morgan fingerprint density at radius 1 is 1.17 bits per heavy atom. The van der Waals surface area contributed by atoms with E-state index in [1.807, 2.05) is 0 Å². The van der Waals surface area contributed by atoms with E-state index in [1.54, 1.807) is 61.5 Å². The van der Waals surface area contributed by atoms with Crippen LogP contribution in [0, 0.1) is 6.92 Å². The lowest BCUT2D eigenvalue weighted by Gasteiger charge is -2.10. The van der Waals surface area contributed by atoms with Gasteiger partial charge in [-0.05, 0) is 31.2 Å². The molecule has 0 saturated carbocycles. The number of carbonyl (C=O) groups excluding carboxylic acids is 1. The van der Waals surface area contributed by atoms with Gasteiger partial charge in [-0.15, -0.1) is 4.57 Å². The average Bonchev–Trinajstić information content (AvgIpc) is 3.08. The van der Waals surface area contributed by atoms with Crippen molar-refractivity contribution in [1.29, 1.82) is 0 Å². The number of aromatic nitrogens is 2.